The summed E-state index contributed by atoms with van der Waals surface area (Å²) >= 11 is 0. The van der Waals surface area contributed by atoms with Gasteiger partial charge in [-0.2, -0.15) is 5.26 Å². The molecule has 5 heteroatoms. The van der Waals surface area contributed by atoms with Crippen molar-refractivity contribution in [2.45, 2.75) is 19.9 Å². The van der Waals surface area contributed by atoms with Crippen molar-refractivity contribution in [1.29, 1.82) is 5.26 Å². The number of nitriles is 1. The molecule has 1 aromatic carbocycles. The van der Waals surface area contributed by atoms with Crippen molar-refractivity contribution < 1.29 is 14.6 Å². The van der Waals surface area contributed by atoms with Gasteiger partial charge in [0.15, 0.2) is 0 Å². The molecule has 0 radical (unpaired) electrons. The van der Waals surface area contributed by atoms with Crippen molar-refractivity contribution in [3.05, 3.63) is 28.8 Å². The zero-order chi connectivity index (χ0) is 12.8. The maximum Gasteiger partial charge on any atom is 0.310 e. The maximum atomic E-state index is 11.3. The Bertz CT molecular complexity index is 464. The van der Waals surface area contributed by atoms with Gasteiger partial charge in [0.05, 0.1) is 24.7 Å². The standard InChI is InChI=1S/C12H14N2O3/c1-2-17-12(16)5-8-3-9(6-13)10(7-14)4-11(8)15/h3-4,15H,2,5,7,14H2,1H3. The van der Waals surface area contributed by atoms with E-state index in [0.717, 1.165) is 0 Å². The average Bonchev–Trinajstić information content (AvgIpc) is 2.31. The van der Waals surface area contributed by atoms with Crippen molar-refractivity contribution in [3.63, 3.8) is 0 Å². The summed E-state index contributed by atoms with van der Waals surface area (Å²) in [6, 6.07) is 4.85. The van der Waals surface area contributed by atoms with Crippen molar-refractivity contribution in [2.75, 3.05) is 6.61 Å². The van der Waals surface area contributed by atoms with Gasteiger partial charge in [-0.05, 0) is 24.6 Å². The van der Waals surface area contributed by atoms with E-state index in [1.165, 1.54) is 12.1 Å². The Balaban J connectivity index is 3.01. The van der Waals surface area contributed by atoms with Crippen LogP contribution in [-0.2, 0) is 22.5 Å². The van der Waals surface area contributed by atoms with Crippen LogP contribution in [0, 0.1) is 11.3 Å². The molecule has 0 saturated carbocycles. The van der Waals surface area contributed by atoms with Crippen LogP contribution in [0.2, 0.25) is 0 Å². The monoisotopic (exact) mass is 234 g/mol. The van der Waals surface area contributed by atoms with E-state index >= 15 is 0 Å². The number of hydrogen-bond donors (Lipinski definition) is 2. The van der Waals surface area contributed by atoms with Crippen LogP contribution in [0.3, 0.4) is 0 Å². The van der Waals surface area contributed by atoms with Crippen LogP contribution < -0.4 is 5.73 Å². The van der Waals surface area contributed by atoms with Gasteiger partial charge in [-0.25, -0.2) is 0 Å². The number of phenolic OH excluding ortho intramolecular Hbond substituents is 1. The molecule has 0 aliphatic heterocycles. The molecule has 0 bridgehead atoms. The van der Waals surface area contributed by atoms with E-state index in [-0.39, 0.29) is 25.3 Å². The third-order valence-electron chi connectivity index (χ3n) is 2.28. The molecule has 0 aromatic heterocycles. The molecular formula is C12H14N2O3. The molecule has 0 aliphatic rings. The van der Waals surface area contributed by atoms with E-state index in [1.54, 1.807) is 6.92 Å². The minimum absolute atomic E-state index is 0.0440. The van der Waals surface area contributed by atoms with Gasteiger partial charge in [0.25, 0.3) is 0 Å². The molecule has 0 unspecified atom stereocenters. The number of nitrogens with two attached hydrogens (primary N) is 1. The zero-order valence-corrected chi connectivity index (χ0v) is 9.56. The van der Waals surface area contributed by atoms with Gasteiger partial charge in [0.1, 0.15) is 5.75 Å². The summed E-state index contributed by atoms with van der Waals surface area (Å²) in [7, 11) is 0. The fourth-order valence-corrected chi connectivity index (χ4v) is 1.46. The summed E-state index contributed by atoms with van der Waals surface area (Å²) in [4.78, 5) is 11.3. The maximum absolute atomic E-state index is 11.3. The number of hydrogen-bond acceptors (Lipinski definition) is 5. The fourth-order valence-electron chi connectivity index (χ4n) is 1.46. The Morgan fingerprint density at radius 3 is 2.76 bits per heavy atom. The number of phenols is 1. The van der Waals surface area contributed by atoms with E-state index in [4.69, 9.17) is 15.7 Å². The van der Waals surface area contributed by atoms with Crippen LogP contribution >= 0.6 is 0 Å². The van der Waals surface area contributed by atoms with Gasteiger partial charge in [-0.1, -0.05) is 0 Å². The quantitative estimate of drug-likeness (QED) is 0.752. The molecule has 0 amide bonds. The van der Waals surface area contributed by atoms with Crippen molar-refractivity contribution in [2.24, 2.45) is 5.73 Å². The number of carbonyl (C=O) groups excluding carboxylic acids is 1. The topological polar surface area (TPSA) is 96.3 Å². The normalized spacial score (nSPS) is 9.71. The van der Waals surface area contributed by atoms with Crippen molar-refractivity contribution in [1.82, 2.24) is 0 Å². The van der Waals surface area contributed by atoms with Gasteiger partial charge in [-0.15, -0.1) is 0 Å². The summed E-state index contributed by atoms with van der Waals surface area (Å²) in [6.45, 7) is 2.15. The summed E-state index contributed by atoms with van der Waals surface area (Å²) in [5, 5.41) is 18.6. The number of benzene rings is 1. The first-order valence-electron chi connectivity index (χ1n) is 5.22. The minimum Gasteiger partial charge on any atom is -0.508 e. The lowest BCUT2D eigenvalue weighted by Gasteiger charge is -2.08. The Labute approximate surface area is 99.4 Å². The Morgan fingerprint density at radius 2 is 2.24 bits per heavy atom. The van der Waals surface area contributed by atoms with Crippen LogP contribution in [0.4, 0.5) is 0 Å². The largest absolute Gasteiger partial charge is 0.508 e. The highest BCUT2D eigenvalue weighted by molar-refractivity contribution is 5.74. The Hall–Kier alpha value is -2.06. The van der Waals surface area contributed by atoms with Crippen LogP contribution in [0.5, 0.6) is 5.75 Å². The van der Waals surface area contributed by atoms with Crippen LogP contribution in [0.25, 0.3) is 0 Å². The molecule has 5 nitrogen and oxygen atoms in total. The second-order valence-corrected chi connectivity index (χ2v) is 3.44. The molecule has 17 heavy (non-hydrogen) atoms. The lowest BCUT2D eigenvalue weighted by molar-refractivity contribution is -0.142. The second kappa shape index (κ2) is 5.87. The van der Waals surface area contributed by atoms with Crippen LogP contribution in [-0.4, -0.2) is 17.7 Å². The van der Waals surface area contributed by atoms with Crippen molar-refractivity contribution in [3.8, 4) is 11.8 Å². The van der Waals surface area contributed by atoms with Crippen molar-refractivity contribution >= 4 is 5.97 Å². The third kappa shape index (κ3) is 3.20. The van der Waals surface area contributed by atoms with Gasteiger partial charge >= 0.3 is 5.97 Å². The summed E-state index contributed by atoms with van der Waals surface area (Å²) < 4.78 is 4.77. The Kier molecular flexibility index (Phi) is 4.49. The lowest BCUT2D eigenvalue weighted by atomic mass is 10.0. The highest BCUT2D eigenvalue weighted by Crippen LogP contribution is 2.23. The van der Waals surface area contributed by atoms with Crippen LogP contribution in [0.1, 0.15) is 23.6 Å². The van der Waals surface area contributed by atoms with E-state index < -0.39 is 5.97 Å². The molecular weight excluding hydrogens is 220 g/mol. The molecule has 0 spiro atoms. The summed E-state index contributed by atoms with van der Waals surface area (Å²) in [5.74, 6) is -0.482. The lowest BCUT2D eigenvalue weighted by Crippen LogP contribution is -2.09. The molecule has 90 valence electrons. The second-order valence-electron chi connectivity index (χ2n) is 3.44. The van der Waals surface area contributed by atoms with Gasteiger partial charge in [0, 0.05) is 12.1 Å². The van der Waals surface area contributed by atoms with Gasteiger partial charge in [-0.3, -0.25) is 4.79 Å². The molecule has 0 atom stereocenters. The number of ether oxygens (including phenoxy) is 1. The van der Waals surface area contributed by atoms with Crippen LogP contribution in [0.15, 0.2) is 12.1 Å². The van der Waals surface area contributed by atoms with E-state index in [1.807, 2.05) is 6.07 Å². The average molecular weight is 234 g/mol. The minimum atomic E-state index is -0.438. The first-order chi connectivity index (χ1) is 8.12. The summed E-state index contributed by atoms with van der Waals surface area (Å²) in [6.07, 6.45) is -0.0563. The number of esters is 1. The Morgan fingerprint density at radius 1 is 1.53 bits per heavy atom. The molecule has 3 N–H and O–H groups in total. The smallest absolute Gasteiger partial charge is 0.310 e. The van der Waals surface area contributed by atoms with E-state index in [2.05, 4.69) is 0 Å². The predicted molar refractivity (Wildman–Crippen MR) is 61.1 cm³/mol. The first kappa shape index (κ1) is 13.0. The fraction of sp³-hybridized carbons (Fsp3) is 0.333. The third-order valence-corrected chi connectivity index (χ3v) is 2.28. The molecule has 1 aromatic rings. The zero-order valence-electron chi connectivity index (χ0n) is 9.56. The molecule has 0 heterocycles. The van der Waals surface area contributed by atoms with Gasteiger partial charge < -0.3 is 15.6 Å². The van der Waals surface area contributed by atoms with E-state index in [9.17, 15) is 9.90 Å². The number of carbonyl (C=O) groups is 1. The highest BCUT2D eigenvalue weighted by atomic mass is 16.5. The molecule has 1 rings (SSSR count). The molecule has 0 fully saturated rings. The highest BCUT2D eigenvalue weighted by Gasteiger charge is 2.12. The summed E-state index contributed by atoms with van der Waals surface area (Å²) in [5.41, 5.74) is 6.73. The SMILES string of the molecule is CCOC(=O)Cc1cc(C#N)c(CN)cc1O. The molecule has 0 aliphatic carbocycles. The van der Waals surface area contributed by atoms with E-state index in [0.29, 0.717) is 16.7 Å². The number of nitrogens with zero attached hydrogens (tertiary/aromatic N) is 1. The number of aromatic hydroxyl groups is 1. The molecule has 0 saturated heterocycles. The first-order valence-corrected chi connectivity index (χ1v) is 5.22. The number of rotatable bonds is 4. The van der Waals surface area contributed by atoms with Gasteiger partial charge in [0.2, 0.25) is 0 Å². The predicted octanol–water partition coefficient (Wildman–Crippen LogP) is 0.828.